The van der Waals surface area contributed by atoms with Crippen molar-refractivity contribution in [1.29, 1.82) is 0 Å². The van der Waals surface area contributed by atoms with Crippen LogP contribution in [0.25, 0.3) is 0 Å². The second kappa shape index (κ2) is 6.66. The normalized spacial score (nSPS) is 20.8. The molecular formula is C15H20O3. The van der Waals surface area contributed by atoms with Crippen molar-refractivity contribution < 1.29 is 14.3 Å². The Bertz CT molecular complexity index is 369. The molecule has 1 aliphatic rings. The van der Waals surface area contributed by atoms with Crippen LogP contribution in [0.5, 0.6) is 0 Å². The quantitative estimate of drug-likeness (QED) is 0.726. The molecule has 1 aromatic rings. The maximum absolute atomic E-state index is 12.2. The predicted molar refractivity (Wildman–Crippen MR) is 69.8 cm³/mol. The van der Waals surface area contributed by atoms with Crippen LogP contribution in [0.15, 0.2) is 30.3 Å². The lowest BCUT2D eigenvalue weighted by atomic mass is 10.0. The fourth-order valence-corrected chi connectivity index (χ4v) is 2.17. The molecule has 2 rings (SSSR count). The summed E-state index contributed by atoms with van der Waals surface area (Å²) >= 11 is 0. The van der Waals surface area contributed by atoms with E-state index in [1.807, 2.05) is 37.3 Å². The number of carbonyl (C=O) groups excluding carboxylic acids is 1. The van der Waals surface area contributed by atoms with Gasteiger partial charge in [0.15, 0.2) is 5.78 Å². The summed E-state index contributed by atoms with van der Waals surface area (Å²) in [6.07, 6.45) is 2.65. The summed E-state index contributed by atoms with van der Waals surface area (Å²) in [5.41, 5.74) is 0.719. The topological polar surface area (TPSA) is 35.5 Å². The van der Waals surface area contributed by atoms with Gasteiger partial charge in [0.05, 0.1) is 12.7 Å². The molecule has 2 unspecified atom stereocenters. The lowest BCUT2D eigenvalue weighted by Gasteiger charge is -2.17. The average Bonchev–Trinajstić information content (AvgIpc) is 2.93. The van der Waals surface area contributed by atoms with E-state index in [0.717, 1.165) is 25.0 Å². The first kappa shape index (κ1) is 13.2. The van der Waals surface area contributed by atoms with Crippen LogP contribution in [0.1, 0.15) is 36.5 Å². The van der Waals surface area contributed by atoms with E-state index in [2.05, 4.69) is 0 Å². The highest BCUT2D eigenvalue weighted by Crippen LogP contribution is 2.15. The first-order valence-corrected chi connectivity index (χ1v) is 6.63. The van der Waals surface area contributed by atoms with Gasteiger partial charge in [0.1, 0.15) is 6.10 Å². The number of hydrogen-bond donors (Lipinski definition) is 0. The lowest BCUT2D eigenvalue weighted by Crippen LogP contribution is -2.27. The van der Waals surface area contributed by atoms with E-state index >= 15 is 0 Å². The minimum Gasteiger partial charge on any atom is -0.376 e. The van der Waals surface area contributed by atoms with Crippen molar-refractivity contribution in [2.45, 2.75) is 38.4 Å². The van der Waals surface area contributed by atoms with Crippen molar-refractivity contribution in [3.8, 4) is 0 Å². The van der Waals surface area contributed by atoms with Gasteiger partial charge in [-0.15, -0.1) is 0 Å². The lowest BCUT2D eigenvalue weighted by molar-refractivity contribution is -0.0138. The van der Waals surface area contributed by atoms with Crippen molar-refractivity contribution in [3.05, 3.63) is 35.9 Å². The van der Waals surface area contributed by atoms with E-state index in [4.69, 9.17) is 9.47 Å². The van der Waals surface area contributed by atoms with Crippen molar-refractivity contribution in [3.63, 3.8) is 0 Å². The molecule has 3 heteroatoms. The van der Waals surface area contributed by atoms with Gasteiger partial charge in [0.25, 0.3) is 0 Å². The summed E-state index contributed by atoms with van der Waals surface area (Å²) in [6.45, 7) is 3.32. The molecule has 0 saturated carbocycles. The zero-order chi connectivity index (χ0) is 12.8. The molecule has 1 fully saturated rings. The predicted octanol–water partition coefficient (Wildman–Crippen LogP) is 2.84. The van der Waals surface area contributed by atoms with Gasteiger partial charge in [-0.2, -0.15) is 0 Å². The third-order valence-corrected chi connectivity index (χ3v) is 3.23. The van der Waals surface area contributed by atoms with Crippen LogP contribution in [-0.2, 0) is 9.47 Å². The Morgan fingerprint density at radius 2 is 2.22 bits per heavy atom. The maximum Gasteiger partial charge on any atom is 0.191 e. The highest BCUT2D eigenvalue weighted by Gasteiger charge is 2.22. The van der Waals surface area contributed by atoms with Crippen LogP contribution >= 0.6 is 0 Å². The summed E-state index contributed by atoms with van der Waals surface area (Å²) in [6, 6.07) is 9.33. The molecule has 1 saturated heterocycles. The number of hydrogen-bond acceptors (Lipinski definition) is 3. The fourth-order valence-electron chi connectivity index (χ4n) is 2.17. The Labute approximate surface area is 108 Å². The summed E-state index contributed by atoms with van der Waals surface area (Å²) < 4.78 is 11.2. The largest absolute Gasteiger partial charge is 0.376 e. The van der Waals surface area contributed by atoms with E-state index in [1.165, 1.54) is 0 Å². The second-order valence-electron chi connectivity index (χ2n) is 4.60. The average molecular weight is 248 g/mol. The first-order chi connectivity index (χ1) is 8.81. The number of rotatable bonds is 6. The summed E-state index contributed by atoms with van der Waals surface area (Å²) in [7, 11) is 0. The van der Waals surface area contributed by atoms with Crippen LogP contribution in [0.2, 0.25) is 0 Å². The number of carbonyl (C=O) groups is 1. The molecule has 0 aliphatic carbocycles. The number of Topliss-reactive ketones (excluding diaryl/α,β-unsaturated/α-hetero) is 1. The van der Waals surface area contributed by atoms with Crippen LogP contribution in [0.3, 0.4) is 0 Å². The van der Waals surface area contributed by atoms with E-state index in [1.54, 1.807) is 0 Å². The third kappa shape index (κ3) is 3.40. The van der Waals surface area contributed by atoms with Gasteiger partial charge in [-0.1, -0.05) is 37.3 Å². The molecule has 98 valence electrons. The molecule has 1 aromatic carbocycles. The molecule has 18 heavy (non-hydrogen) atoms. The molecule has 0 N–H and O–H groups in total. The molecule has 2 atom stereocenters. The van der Waals surface area contributed by atoms with Gasteiger partial charge in [-0.05, 0) is 19.3 Å². The van der Waals surface area contributed by atoms with Crippen molar-refractivity contribution >= 4 is 5.78 Å². The van der Waals surface area contributed by atoms with Crippen molar-refractivity contribution in [2.75, 3.05) is 13.2 Å². The number of ketones is 1. The first-order valence-electron chi connectivity index (χ1n) is 6.63. The summed E-state index contributed by atoms with van der Waals surface area (Å²) in [5.74, 6) is 0.0658. The van der Waals surface area contributed by atoms with Crippen LogP contribution < -0.4 is 0 Å². The molecule has 0 aromatic heterocycles. The van der Waals surface area contributed by atoms with E-state index < -0.39 is 0 Å². The number of ether oxygens (including phenoxy) is 2. The molecule has 0 spiro atoms. The fraction of sp³-hybridized carbons (Fsp3) is 0.533. The molecule has 0 bridgehead atoms. The monoisotopic (exact) mass is 248 g/mol. The summed E-state index contributed by atoms with van der Waals surface area (Å²) in [4.78, 5) is 12.2. The third-order valence-electron chi connectivity index (χ3n) is 3.23. The Hall–Kier alpha value is -1.19. The van der Waals surface area contributed by atoms with E-state index in [9.17, 15) is 4.79 Å². The Balaban J connectivity index is 1.89. The van der Waals surface area contributed by atoms with Gasteiger partial charge in [-0.25, -0.2) is 0 Å². The van der Waals surface area contributed by atoms with Crippen molar-refractivity contribution in [2.24, 2.45) is 0 Å². The minimum atomic E-state index is -0.350. The van der Waals surface area contributed by atoms with Crippen LogP contribution in [0, 0.1) is 0 Å². The standard InChI is InChI=1S/C15H20O3/c1-2-14(18-11-13-9-6-10-17-13)15(16)12-7-4-3-5-8-12/h3-5,7-8,13-14H,2,6,9-11H2,1H3. The SMILES string of the molecule is CCC(OCC1CCCO1)C(=O)c1ccccc1. The second-order valence-corrected chi connectivity index (χ2v) is 4.60. The zero-order valence-electron chi connectivity index (χ0n) is 10.8. The highest BCUT2D eigenvalue weighted by molar-refractivity contribution is 5.99. The zero-order valence-corrected chi connectivity index (χ0v) is 10.8. The molecule has 0 radical (unpaired) electrons. The van der Waals surface area contributed by atoms with Crippen molar-refractivity contribution in [1.82, 2.24) is 0 Å². The molecule has 3 nitrogen and oxygen atoms in total. The van der Waals surface area contributed by atoms with Crippen LogP contribution in [0.4, 0.5) is 0 Å². The van der Waals surface area contributed by atoms with E-state index in [0.29, 0.717) is 13.0 Å². The molecule has 1 heterocycles. The van der Waals surface area contributed by atoms with Gasteiger partial charge >= 0.3 is 0 Å². The highest BCUT2D eigenvalue weighted by atomic mass is 16.5. The van der Waals surface area contributed by atoms with Gasteiger partial charge < -0.3 is 9.47 Å². The summed E-state index contributed by atoms with van der Waals surface area (Å²) in [5, 5.41) is 0. The molecule has 0 amide bonds. The van der Waals surface area contributed by atoms with Crippen LogP contribution in [-0.4, -0.2) is 31.2 Å². The Morgan fingerprint density at radius 3 is 2.83 bits per heavy atom. The van der Waals surface area contributed by atoms with Gasteiger partial charge in [0, 0.05) is 12.2 Å². The molecule has 1 aliphatic heterocycles. The molecular weight excluding hydrogens is 228 g/mol. The smallest absolute Gasteiger partial charge is 0.191 e. The van der Waals surface area contributed by atoms with Gasteiger partial charge in [0.2, 0.25) is 0 Å². The van der Waals surface area contributed by atoms with E-state index in [-0.39, 0.29) is 18.0 Å². The Kier molecular flexibility index (Phi) is 4.90. The maximum atomic E-state index is 12.2. The Morgan fingerprint density at radius 1 is 1.44 bits per heavy atom. The number of benzene rings is 1. The van der Waals surface area contributed by atoms with Gasteiger partial charge in [-0.3, -0.25) is 4.79 Å². The minimum absolute atomic E-state index is 0.0658.